The van der Waals surface area contributed by atoms with Crippen LogP contribution in [0.25, 0.3) is 5.57 Å². The van der Waals surface area contributed by atoms with Gasteiger partial charge in [0.05, 0.1) is 11.4 Å². The van der Waals surface area contributed by atoms with Crippen LogP contribution in [0.2, 0.25) is 0 Å². The topological polar surface area (TPSA) is 72.5 Å². The van der Waals surface area contributed by atoms with Crippen LogP contribution in [0.5, 0.6) is 0 Å². The van der Waals surface area contributed by atoms with E-state index in [9.17, 15) is 9.18 Å². The second-order valence-electron chi connectivity index (χ2n) is 9.47. The molecule has 2 aromatic rings. The fourth-order valence-corrected chi connectivity index (χ4v) is 5.36. The van der Waals surface area contributed by atoms with Gasteiger partial charge in [0, 0.05) is 44.3 Å². The molecule has 1 saturated carbocycles. The van der Waals surface area contributed by atoms with Gasteiger partial charge in [0.1, 0.15) is 12.0 Å². The third-order valence-corrected chi connectivity index (χ3v) is 6.86. The van der Waals surface area contributed by atoms with E-state index in [0.29, 0.717) is 17.2 Å². The summed E-state index contributed by atoms with van der Waals surface area (Å²) in [6, 6.07) is 6.80. The van der Waals surface area contributed by atoms with Crippen molar-refractivity contribution in [1.29, 1.82) is 0 Å². The molecule has 0 saturated heterocycles. The summed E-state index contributed by atoms with van der Waals surface area (Å²) >= 11 is 0. The van der Waals surface area contributed by atoms with Crippen molar-refractivity contribution >= 4 is 22.9 Å². The number of carbonyl (C=O) groups excluding carboxylic acids is 1. The minimum absolute atomic E-state index is 0.187. The molecular weight excluding hydrogens is 431 g/mol. The molecular formula is C26H31FN6O. The quantitative estimate of drug-likeness (QED) is 0.618. The standard InChI is InChI=1S/C26H31FN6O/c1-16-10-20(15-32(2)31-16)19-11-17(12-21(27)13-19)14-29-26(34)23-24-22(8-9-28-23)30-25(33(24)3)18-6-4-5-7-18/h8-13,15,18,25,30-31H,4-7,14H2,1-3H3,(H,29,34). The second kappa shape index (κ2) is 9.00. The molecule has 1 aromatic carbocycles. The van der Waals surface area contributed by atoms with E-state index in [0.717, 1.165) is 28.2 Å². The molecule has 5 rings (SSSR count). The Labute approximate surface area is 199 Å². The highest BCUT2D eigenvalue weighted by atomic mass is 19.1. The van der Waals surface area contributed by atoms with E-state index in [2.05, 4.69) is 25.9 Å². The highest BCUT2D eigenvalue weighted by Crippen LogP contribution is 2.41. The molecule has 1 unspecified atom stereocenters. The molecule has 3 aliphatic rings. The molecule has 8 heteroatoms. The van der Waals surface area contributed by atoms with Crippen LogP contribution in [-0.2, 0) is 6.54 Å². The van der Waals surface area contributed by atoms with E-state index < -0.39 is 0 Å². The zero-order valence-electron chi connectivity index (χ0n) is 19.9. The number of hydrogen-bond donors (Lipinski definition) is 3. The van der Waals surface area contributed by atoms with E-state index in [1.165, 1.54) is 37.8 Å². The Bertz CT molecular complexity index is 1170. The van der Waals surface area contributed by atoms with Gasteiger partial charge in [-0.2, -0.15) is 0 Å². The number of nitrogens with one attached hydrogen (secondary N) is 3. The Kier molecular flexibility index (Phi) is 5.89. The van der Waals surface area contributed by atoms with Crippen LogP contribution >= 0.6 is 0 Å². The van der Waals surface area contributed by atoms with Crippen LogP contribution in [-0.4, -0.2) is 36.2 Å². The number of nitrogens with zero attached hydrogens (tertiary/aromatic N) is 3. The number of rotatable bonds is 5. The van der Waals surface area contributed by atoms with Crippen LogP contribution in [0.4, 0.5) is 15.8 Å². The van der Waals surface area contributed by atoms with Gasteiger partial charge in [0.2, 0.25) is 0 Å². The van der Waals surface area contributed by atoms with Crippen molar-refractivity contribution in [2.75, 3.05) is 24.3 Å². The van der Waals surface area contributed by atoms with E-state index in [1.54, 1.807) is 6.20 Å². The van der Waals surface area contributed by atoms with Crippen LogP contribution in [0, 0.1) is 11.7 Å². The summed E-state index contributed by atoms with van der Waals surface area (Å²) < 4.78 is 14.4. The number of pyridine rings is 1. The monoisotopic (exact) mass is 462 g/mol. The summed E-state index contributed by atoms with van der Waals surface area (Å²) in [6.45, 7) is 2.17. The van der Waals surface area contributed by atoms with Gasteiger partial charge >= 0.3 is 0 Å². The maximum atomic E-state index is 14.4. The first-order valence-corrected chi connectivity index (χ1v) is 11.8. The first kappa shape index (κ1) is 22.3. The van der Waals surface area contributed by atoms with E-state index in [4.69, 9.17) is 0 Å². The van der Waals surface area contributed by atoms with E-state index >= 15 is 0 Å². The smallest absolute Gasteiger partial charge is 0.272 e. The van der Waals surface area contributed by atoms with Crippen molar-refractivity contribution in [2.24, 2.45) is 5.92 Å². The fraction of sp³-hybridized carbons (Fsp3) is 0.385. The van der Waals surface area contributed by atoms with Gasteiger partial charge in [-0.25, -0.2) is 9.37 Å². The molecule has 178 valence electrons. The molecule has 1 fully saturated rings. The number of hydrogen-bond acceptors (Lipinski definition) is 6. The number of fused-ring (bicyclic) bond motifs is 1. The number of benzene rings is 1. The molecule has 0 radical (unpaired) electrons. The number of anilines is 2. The van der Waals surface area contributed by atoms with Crippen LogP contribution < -0.4 is 21.0 Å². The van der Waals surface area contributed by atoms with Crippen LogP contribution in [0.3, 0.4) is 0 Å². The van der Waals surface area contributed by atoms with Crippen LogP contribution in [0.1, 0.15) is 54.2 Å². The van der Waals surface area contributed by atoms with Crippen molar-refractivity contribution in [3.8, 4) is 0 Å². The van der Waals surface area contributed by atoms with E-state index in [1.807, 2.05) is 50.4 Å². The molecule has 1 atom stereocenters. The molecule has 1 aromatic heterocycles. The molecule has 0 spiro atoms. The highest BCUT2D eigenvalue weighted by molar-refractivity contribution is 6.01. The average Bonchev–Trinajstić information content (AvgIpc) is 3.44. The van der Waals surface area contributed by atoms with Gasteiger partial charge in [-0.3, -0.25) is 9.80 Å². The Morgan fingerprint density at radius 3 is 2.79 bits per heavy atom. The second-order valence-corrected chi connectivity index (χ2v) is 9.47. The predicted molar refractivity (Wildman–Crippen MR) is 132 cm³/mol. The lowest BCUT2D eigenvalue weighted by atomic mass is 10.0. The Balaban J connectivity index is 1.33. The predicted octanol–water partition coefficient (Wildman–Crippen LogP) is 4.22. The number of carbonyl (C=O) groups is 1. The molecule has 2 aliphatic heterocycles. The summed E-state index contributed by atoms with van der Waals surface area (Å²) in [5.41, 5.74) is 8.66. The molecule has 0 bridgehead atoms. The normalized spacial score (nSPS) is 19.8. The molecule has 3 N–H and O–H groups in total. The largest absolute Gasteiger partial charge is 0.363 e. The summed E-state index contributed by atoms with van der Waals surface area (Å²) in [5, 5.41) is 8.37. The number of allylic oxidation sites excluding steroid dienone is 3. The lowest BCUT2D eigenvalue weighted by molar-refractivity contribution is 0.0946. The van der Waals surface area contributed by atoms with Crippen molar-refractivity contribution in [3.63, 3.8) is 0 Å². The zero-order chi connectivity index (χ0) is 23.8. The number of hydrazine groups is 1. The average molecular weight is 463 g/mol. The maximum absolute atomic E-state index is 14.4. The Morgan fingerprint density at radius 2 is 2.03 bits per heavy atom. The maximum Gasteiger partial charge on any atom is 0.272 e. The van der Waals surface area contributed by atoms with Gasteiger partial charge in [0.25, 0.3) is 5.91 Å². The van der Waals surface area contributed by atoms with Crippen molar-refractivity contribution in [3.05, 3.63) is 71.1 Å². The van der Waals surface area contributed by atoms with Crippen LogP contribution in [0.15, 0.2) is 48.4 Å². The van der Waals surface area contributed by atoms with Gasteiger partial charge in [-0.15, -0.1) is 0 Å². The summed E-state index contributed by atoms with van der Waals surface area (Å²) in [5.74, 6) is -0.0306. The molecule has 34 heavy (non-hydrogen) atoms. The fourth-order valence-electron chi connectivity index (χ4n) is 5.36. The lowest BCUT2D eigenvalue weighted by Gasteiger charge is -2.28. The van der Waals surface area contributed by atoms with Crippen molar-refractivity contribution in [1.82, 2.24) is 20.7 Å². The zero-order valence-corrected chi connectivity index (χ0v) is 19.9. The van der Waals surface area contributed by atoms with Gasteiger partial charge < -0.3 is 21.0 Å². The molecule has 7 nitrogen and oxygen atoms in total. The first-order chi connectivity index (χ1) is 16.4. The third kappa shape index (κ3) is 4.32. The highest BCUT2D eigenvalue weighted by Gasteiger charge is 2.36. The van der Waals surface area contributed by atoms with Crippen molar-refractivity contribution in [2.45, 2.75) is 45.3 Å². The Hall–Kier alpha value is -3.55. The number of halogens is 1. The summed E-state index contributed by atoms with van der Waals surface area (Å²) in [7, 11) is 3.92. The number of aromatic nitrogens is 1. The van der Waals surface area contributed by atoms with Crippen molar-refractivity contribution < 1.29 is 9.18 Å². The third-order valence-electron chi connectivity index (χ3n) is 6.86. The molecule has 1 amide bonds. The molecule has 1 aliphatic carbocycles. The molecule has 3 heterocycles. The first-order valence-electron chi connectivity index (χ1n) is 11.8. The Morgan fingerprint density at radius 1 is 1.24 bits per heavy atom. The minimum Gasteiger partial charge on any atom is -0.363 e. The van der Waals surface area contributed by atoms with E-state index in [-0.39, 0.29) is 24.4 Å². The lowest BCUT2D eigenvalue weighted by Crippen LogP contribution is -2.39. The number of amides is 1. The summed E-state index contributed by atoms with van der Waals surface area (Å²) in [4.78, 5) is 19.7. The minimum atomic E-state index is -0.336. The SMILES string of the molecule is CC1=CC(c2cc(F)cc(CNC(=O)c3nccc4c3N(C)C(C3CCCC3)N4)c2)=CN(C)N1. The van der Waals surface area contributed by atoms with Gasteiger partial charge in [-0.1, -0.05) is 12.8 Å². The summed E-state index contributed by atoms with van der Waals surface area (Å²) in [6.07, 6.45) is 10.6. The van der Waals surface area contributed by atoms with Gasteiger partial charge in [-0.05, 0) is 67.2 Å². The van der Waals surface area contributed by atoms with Gasteiger partial charge in [0.15, 0.2) is 5.69 Å².